The zero-order valence-electron chi connectivity index (χ0n) is 27.2. The first kappa shape index (κ1) is 31.2. The Morgan fingerprint density at radius 2 is 1.62 bits per heavy atom. The Labute approximate surface area is 287 Å². The average Bonchev–Trinajstić information content (AvgIpc) is 3.61. The summed E-state index contributed by atoms with van der Waals surface area (Å²) in [7, 11) is 1.79. The van der Waals surface area contributed by atoms with Gasteiger partial charge in [0.1, 0.15) is 5.75 Å². The molecule has 0 fully saturated rings. The number of methoxy groups -OCH3 is 1. The summed E-state index contributed by atoms with van der Waals surface area (Å²) in [5.74, 6) is 2.08. The molecule has 0 N–H and O–H groups in total. The standard InChI is InChI=1S/C41H40N3O2.BrH/c1-27-20-36-37(21-28(27)2)44(25-38(45)32-17-16-29-10-4-5-11-30(29)22-32)26-43(36)19-9-18-42-24-33-23-31-12-6-7-13-34(31)40(33)35-14-8-15-39(46-3)41(35)42;/h4-8,10-17,20-22,26,33,40H,9,18-19,23-25H2,1-3H3;1H/q+1;/p-1/t33-,40+;/m0./s1. The van der Waals surface area contributed by atoms with Gasteiger partial charge >= 0.3 is 0 Å². The normalized spacial score (nSPS) is 16.4. The van der Waals surface area contributed by atoms with Gasteiger partial charge in [-0.05, 0) is 89.0 Å². The van der Waals surface area contributed by atoms with Gasteiger partial charge in [0.15, 0.2) is 17.6 Å². The highest BCUT2D eigenvalue weighted by molar-refractivity contribution is 5.99. The van der Waals surface area contributed by atoms with E-state index < -0.39 is 0 Å². The second-order valence-corrected chi connectivity index (χ2v) is 13.2. The van der Waals surface area contributed by atoms with Crippen molar-refractivity contribution in [2.24, 2.45) is 5.92 Å². The number of aromatic nitrogens is 2. The summed E-state index contributed by atoms with van der Waals surface area (Å²) in [6.45, 7) is 7.46. The van der Waals surface area contributed by atoms with Gasteiger partial charge in [0, 0.05) is 31.0 Å². The van der Waals surface area contributed by atoms with Crippen molar-refractivity contribution in [3.8, 4) is 5.75 Å². The second kappa shape index (κ2) is 12.6. The summed E-state index contributed by atoms with van der Waals surface area (Å²) in [5, 5.41) is 2.24. The molecule has 0 bridgehead atoms. The number of fused-ring (bicyclic) bond motifs is 7. The fraction of sp³-hybridized carbons (Fsp3) is 0.268. The third kappa shape index (κ3) is 5.53. The minimum atomic E-state index is 0. The van der Waals surface area contributed by atoms with Gasteiger partial charge in [-0.15, -0.1) is 0 Å². The summed E-state index contributed by atoms with van der Waals surface area (Å²) >= 11 is 0. The van der Waals surface area contributed by atoms with E-state index in [0.29, 0.717) is 18.4 Å². The van der Waals surface area contributed by atoms with E-state index in [4.69, 9.17) is 4.74 Å². The van der Waals surface area contributed by atoms with Crippen molar-refractivity contribution in [3.05, 3.63) is 137 Å². The largest absolute Gasteiger partial charge is 1.00 e. The van der Waals surface area contributed by atoms with Crippen LogP contribution in [0.4, 0.5) is 5.69 Å². The summed E-state index contributed by atoms with van der Waals surface area (Å²) in [6.07, 6.45) is 4.26. The lowest BCUT2D eigenvalue weighted by atomic mass is 9.81. The highest BCUT2D eigenvalue weighted by atomic mass is 79.9. The van der Waals surface area contributed by atoms with Crippen LogP contribution in [0.5, 0.6) is 5.75 Å². The number of ether oxygens (including phenoxy) is 1. The zero-order valence-corrected chi connectivity index (χ0v) is 28.8. The minimum absolute atomic E-state index is 0. The van der Waals surface area contributed by atoms with Crippen molar-refractivity contribution in [1.82, 2.24) is 4.57 Å². The molecular formula is C41H40BrN3O2. The molecule has 5 aromatic carbocycles. The predicted molar refractivity (Wildman–Crippen MR) is 185 cm³/mol. The van der Waals surface area contributed by atoms with Gasteiger partial charge in [-0.2, -0.15) is 0 Å². The Kier molecular flexibility index (Phi) is 8.39. The molecule has 47 heavy (non-hydrogen) atoms. The molecule has 8 rings (SSSR count). The van der Waals surface area contributed by atoms with Crippen LogP contribution in [-0.2, 0) is 19.5 Å². The summed E-state index contributed by atoms with van der Waals surface area (Å²) in [5.41, 5.74) is 11.1. The molecule has 0 radical (unpaired) electrons. The van der Waals surface area contributed by atoms with Crippen molar-refractivity contribution in [2.45, 2.75) is 45.7 Å². The predicted octanol–water partition coefficient (Wildman–Crippen LogP) is 4.81. The highest BCUT2D eigenvalue weighted by Gasteiger charge is 2.41. The van der Waals surface area contributed by atoms with Crippen molar-refractivity contribution < 1.29 is 31.1 Å². The molecule has 2 aliphatic rings. The molecule has 0 saturated carbocycles. The number of hydrogen-bond donors (Lipinski definition) is 0. The number of nitrogens with zero attached hydrogens (tertiary/aromatic N) is 3. The van der Waals surface area contributed by atoms with Crippen LogP contribution in [0.2, 0.25) is 0 Å². The molecule has 6 heteroatoms. The molecule has 1 aliphatic heterocycles. The van der Waals surface area contributed by atoms with Crippen molar-refractivity contribution in [1.29, 1.82) is 0 Å². The maximum Gasteiger partial charge on any atom is 0.245 e. The summed E-state index contributed by atoms with van der Waals surface area (Å²) < 4.78 is 10.4. The third-order valence-electron chi connectivity index (χ3n) is 10.4. The number of carbonyl (C=O) groups excluding carboxylic acids is 1. The topological polar surface area (TPSA) is 38.3 Å². The molecule has 2 heterocycles. The average molecular weight is 687 g/mol. The number of aryl methyl sites for hydroxylation is 3. The molecule has 0 amide bonds. The molecule has 6 aromatic rings. The Morgan fingerprint density at radius 1 is 0.851 bits per heavy atom. The first-order valence-corrected chi connectivity index (χ1v) is 16.5. The lowest BCUT2D eigenvalue weighted by molar-refractivity contribution is -0.658. The second-order valence-electron chi connectivity index (χ2n) is 13.2. The number of Topliss-reactive ketones (excluding diaryl/α,β-unsaturated/α-hetero) is 1. The number of hydrogen-bond acceptors (Lipinski definition) is 3. The molecule has 0 unspecified atom stereocenters. The van der Waals surface area contributed by atoms with E-state index in [9.17, 15) is 4.79 Å². The van der Waals surface area contributed by atoms with Crippen molar-refractivity contribution >= 4 is 33.3 Å². The van der Waals surface area contributed by atoms with Crippen LogP contribution in [0, 0.1) is 19.8 Å². The number of benzene rings is 5. The van der Waals surface area contributed by atoms with E-state index in [-0.39, 0.29) is 22.8 Å². The number of para-hydroxylation sites is 1. The fourth-order valence-corrected chi connectivity index (χ4v) is 8.02. The van der Waals surface area contributed by atoms with Gasteiger partial charge in [-0.1, -0.05) is 72.8 Å². The van der Waals surface area contributed by atoms with Crippen LogP contribution in [0.1, 0.15) is 50.5 Å². The minimum Gasteiger partial charge on any atom is -1.00 e. The van der Waals surface area contributed by atoms with E-state index in [0.717, 1.165) is 60.1 Å². The van der Waals surface area contributed by atoms with Gasteiger partial charge in [0.25, 0.3) is 0 Å². The number of carbonyl (C=O) groups is 1. The van der Waals surface area contributed by atoms with Crippen LogP contribution in [0.25, 0.3) is 21.8 Å². The Morgan fingerprint density at radius 3 is 2.47 bits per heavy atom. The molecule has 0 spiro atoms. The number of anilines is 1. The SMILES string of the molecule is COc1cccc2c1N(CCCn1c[n+](CC(=O)c3ccc4ccccc4c3)c3cc(C)c(C)cc31)C[C@@H]1Cc3ccccc3[C@H]21.[Br-]. The molecule has 1 aromatic heterocycles. The van der Waals surface area contributed by atoms with Crippen LogP contribution in [0.3, 0.4) is 0 Å². The van der Waals surface area contributed by atoms with Crippen molar-refractivity contribution in [2.75, 3.05) is 25.1 Å². The van der Waals surface area contributed by atoms with Gasteiger partial charge in [0.2, 0.25) is 12.1 Å². The maximum atomic E-state index is 13.6. The lowest BCUT2D eigenvalue weighted by Crippen LogP contribution is -3.00. The van der Waals surface area contributed by atoms with Gasteiger partial charge in [-0.25, -0.2) is 9.13 Å². The van der Waals surface area contributed by atoms with E-state index in [1.807, 2.05) is 30.3 Å². The Balaban J connectivity index is 0.00000351. The lowest BCUT2D eigenvalue weighted by Gasteiger charge is -2.39. The fourth-order valence-electron chi connectivity index (χ4n) is 8.02. The number of halogens is 1. The van der Waals surface area contributed by atoms with Crippen molar-refractivity contribution in [3.63, 3.8) is 0 Å². The Hall–Kier alpha value is -4.42. The summed E-state index contributed by atoms with van der Waals surface area (Å²) in [6, 6.07) is 34.3. The van der Waals surface area contributed by atoms with Gasteiger partial charge < -0.3 is 26.6 Å². The quantitative estimate of drug-likeness (QED) is 0.171. The number of rotatable bonds is 8. The van der Waals surface area contributed by atoms with E-state index >= 15 is 0 Å². The molecule has 238 valence electrons. The maximum absolute atomic E-state index is 13.6. The zero-order chi connectivity index (χ0) is 31.4. The van der Waals surface area contributed by atoms with Crippen LogP contribution in [0.15, 0.2) is 103 Å². The van der Waals surface area contributed by atoms with Crippen LogP contribution < -0.4 is 31.2 Å². The highest BCUT2D eigenvalue weighted by Crippen LogP contribution is 2.51. The molecule has 5 nitrogen and oxygen atoms in total. The first-order chi connectivity index (χ1) is 22.5. The van der Waals surface area contributed by atoms with Gasteiger partial charge in [0.05, 0.1) is 19.3 Å². The molecular weight excluding hydrogens is 646 g/mol. The van der Waals surface area contributed by atoms with E-state index in [1.165, 1.54) is 39.0 Å². The Bertz CT molecular complexity index is 2130. The number of imidazole rings is 1. The molecule has 2 atom stereocenters. The van der Waals surface area contributed by atoms with Gasteiger partial charge in [-0.3, -0.25) is 4.79 Å². The number of ketones is 1. The molecule has 1 aliphatic carbocycles. The van der Waals surface area contributed by atoms with Crippen LogP contribution >= 0.6 is 0 Å². The molecule has 0 saturated heterocycles. The van der Waals surface area contributed by atoms with E-state index in [1.54, 1.807) is 7.11 Å². The summed E-state index contributed by atoms with van der Waals surface area (Å²) in [4.78, 5) is 16.2. The van der Waals surface area contributed by atoms with E-state index in [2.05, 4.69) is 101 Å². The third-order valence-corrected chi connectivity index (χ3v) is 10.4. The van der Waals surface area contributed by atoms with Crippen LogP contribution in [-0.4, -0.2) is 30.5 Å². The monoisotopic (exact) mass is 685 g/mol. The first-order valence-electron chi connectivity index (χ1n) is 16.5. The smallest absolute Gasteiger partial charge is 0.245 e.